The molecule has 0 radical (unpaired) electrons. The van der Waals surface area contributed by atoms with Crippen molar-refractivity contribution in [3.8, 4) is 0 Å². The zero-order chi connectivity index (χ0) is 17.9. The highest BCUT2D eigenvalue weighted by atomic mass is 35.5. The number of carbonyl (C=O) groups is 2. The van der Waals surface area contributed by atoms with Crippen LogP contribution < -0.4 is 5.32 Å². The van der Waals surface area contributed by atoms with Gasteiger partial charge in [-0.3, -0.25) is 19.7 Å². The van der Waals surface area contributed by atoms with Crippen molar-refractivity contribution in [1.29, 1.82) is 0 Å². The molecule has 0 aliphatic rings. The van der Waals surface area contributed by atoms with Gasteiger partial charge in [0.15, 0.2) is 5.76 Å². The Morgan fingerprint density at radius 2 is 1.96 bits per heavy atom. The molecule has 2 aromatic rings. The van der Waals surface area contributed by atoms with Crippen LogP contribution in [0.15, 0.2) is 34.7 Å². The van der Waals surface area contributed by atoms with Gasteiger partial charge in [-0.25, -0.2) is 0 Å². The van der Waals surface area contributed by atoms with Gasteiger partial charge in [-0.05, 0) is 24.3 Å². The average molecular weight is 372 g/mol. The van der Waals surface area contributed by atoms with E-state index >= 15 is 0 Å². The van der Waals surface area contributed by atoms with Crippen molar-refractivity contribution < 1.29 is 18.9 Å². The Kier molecular flexibility index (Phi) is 5.42. The predicted octanol–water partition coefficient (Wildman–Crippen LogP) is 3.21. The lowest BCUT2D eigenvalue weighted by atomic mass is 10.3. The van der Waals surface area contributed by atoms with Crippen molar-refractivity contribution >= 4 is 46.6 Å². The Hall–Kier alpha value is -2.58. The summed E-state index contributed by atoms with van der Waals surface area (Å²) in [7, 11) is 1.37. The van der Waals surface area contributed by atoms with Crippen molar-refractivity contribution in [2.45, 2.75) is 0 Å². The monoisotopic (exact) mass is 371 g/mol. The molecule has 8 nitrogen and oxygen atoms in total. The number of likely N-dealkylation sites (N-methyl/N-ethyl adjacent to an activating group) is 1. The Morgan fingerprint density at radius 3 is 2.54 bits per heavy atom. The maximum Gasteiger partial charge on any atom is 0.433 e. The zero-order valence-corrected chi connectivity index (χ0v) is 13.8. The number of amides is 2. The van der Waals surface area contributed by atoms with Crippen LogP contribution in [0.1, 0.15) is 10.6 Å². The van der Waals surface area contributed by atoms with Crippen molar-refractivity contribution in [3.05, 3.63) is 56.3 Å². The third kappa shape index (κ3) is 4.24. The van der Waals surface area contributed by atoms with E-state index in [1.54, 1.807) is 6.07 Å². The molecule has 2 amide bonds. The van der Waals surface area contributed by atoms with Gasteiger partial charge >= 0.3 is 5.88 Å². The van der Waals surface area contributed by atoms with Gasteiger partial charge in [0.25, 0.3) is 5.91 Å². The Morgan fingerprint density at radius 1 is 1.25 bits per heavy atom. The minimum atomic E-state index is -0.756. The Bertz CT molecular complexity index is 805. The molecular formula is C14H11Cl2N3O5. The van der Waals surface area contributed by atoms with Gasteiger partial charge in [0.2, 0.25) is 5.91 Å². The Balaban J connectivity index is 1.98. The summed E-state index contributed by atoms with van der Waals surface area (Å²) in [4.78, 5) is 34.9. The van der Waals surface area contributed by atoms with Crippen LogP contribution in [0, 0.1) is 10.1 Å². The average Bonchev–Trinajstić information content (AvgIpc) is 3.00. The number of hydrogen-bond acceptors (Lipinski definition) is 5. The van der Waals surface area contributed by atoms with Crippen LogP contribution in [-0.4, -0.2) is 35.2 Å². The molecule has 0 unspecified atom stereocenters. The second-order valence-electron chi connectivity index (χ2n) is 4.73. The van der Waals surface area contributed by atoms with E-state index in [-0.39, 0.29) is 17.3 Å². The molecule has 0 saturated heterocycles. The number of hydrogen-bond donors (Lipinski definition) is 1. The summed E-state index contributed by atoms with van der Waals surface area (Å²) in [5.74, 6) is -1.92. The highest BCUT2D eigenvalue weighted by Gasteiger charge is 2.21. The van der Waals surface area contributed by atoms with Crippen LogP contribution in [0.25, 0.3) is 0 Å². The Labute approximate surface area is 146 Å². The van der Waals surface area contributed by atoms with Crippen LogP contribution in [0.2, 0.25) is 10.0 Å². The minimum Gasteiger partial charge on any atom is -0.395 e. The van der Waals surface area contributed by atoms with E-state index in [1.165, 1.54) is 25.2 Å². The first-order valence-corrected chi connectivity index (χ1v) is 7.28. The maximum atomic E-state index is 12.1. The number of halogens is 2. The molecule has 0 atom stereocenters. The van der Waals surface area contributed by atoms with E-state index in [1.807, 2.05) is 0 Å². The van der Waals surface area contributed by atoms with Gasteiger partial charge in [-0.2, -0.15) is 0 Å². The quantitative estimate of drug-likeness (QED) is 0.641. The molecule has 0 aliphatic heterocycles. The number of nitrogens with zero attached hydrogens (tertiary/aromatic N) is 2. The fourth-order valence-electron chi connectivity index (χ4n) is 1.79. The summed E-state index contributed by atoms with van der Waals surface area (Å²) in [6.45, 7) is -0.284. The van der Waals surface area contributed by atoms with E-state index in [0.717, 1.165) is 11.0 Å². The molecule has 10 heteroatoms. The molecule has 0 saturated carbocycles. The highest BCUT2D eigenvalue weighted by Crippen LogP contribution is 2.25. The molecule has 1 N–H and O–H groups in total. The fourth-order valence-corrected chi connectivity index (χ4v) is 2.09. The number of nitro groups is 1. The molecule has 0 fully saturated rings. The number of benzene rings is 1. The second kappa shape index (κ2) is 7.33. The number of rotatable bonds is 5. The molecule has 1 heterocycles. The number of nitrogens with one attached hydrogen (secondary N) is 1. The summed E-state index contributed by atoms with van der Waals surface area (Å²) in [5.41, 5.74) is 0.420. The van der Waals surface area contributed by atoms with Gasteiger partial charge in [-0.1, -0.05) is 23.2 Å². The first-order chi connectivity index (χ1) is 11.3. The van der Waals surface area contributed by atoms with Gasteiger partial charge < -0.3 is 14.6 Å². The number of anilines is 1. The van der Waals surface area contributed by atoms with Crippen LogP contribution in [0.3, 0.4) is 0 Å². The lowest BCUT2D eigenvalue weighted by Gasteiger charge is -2.15. The summed E-state index contributed by atoms with van der Waals surface area (Å²) >= 11 is 11.6. The molecule has 0 aliphatic carbocycles. The largest absolute Gasteiger partial charge is 0.433 e. The van der Waals surface area contributed by atoms with Gasteiger partial charge in [0, 0.05) is 12.7 Å². The normalized spacial score (nSPS) is 10.3. The van der Waals surface area contributed by atoms with Gasteiger partial charge in [0.05, 0.1) is 22.7 Å². The molecular weight excluding hydrogens is 361 g/mol. The smallest absolute Gasteiger partial charge is 0.395 e. The molecule has 126 valence electrons. The van der Waals surface area contributed by atoms with Crippen molar-refractivity contribution in [3.63, 3.8) is 0 Å². The molecule has 0 bridgehead atoms. The van der Waals surface area contributed by atoms with Gasteiger partial charge in [0.1, 0.15) is 4.92 Å². The van der Waals surface area contributed by atoms with E-state index in [2.05, 4.69) is 5.32 Å². The van der Waals surface area contributed by atoms with E-state index < -0.39 is 22.6 Å². The zero-order valence-electron chi connectivity index (χ0n) is 12.3. The van der Waals surface area contributed by atoms with Crippen LogP contribution in [-0.2, 0) is 4.79 Å². The van der Waals surface area contributed by atoms with Crippen molar-refractivity contribution in [1.82, 2.24) is 4.90 Å². The summed E-state index contributed by atoms with van der Waals surface area (Å²) < 4.78 is 4.80. The summed E-state index contributed by atoms with van der Waals surface area (Å²) in [5, 5.41) is 13.7. The third-order valence-electron chi connectivity index (χ3n) is 2.91. The van der Waals surface area contributed by atoms with E-state index in [9.17, 15) is 19.7 Å². The molecule has 1 aromatic heterocycles. The second-order valence-corrected chi connectivity index (χ2v) is 5.55. The summed E-state index contributed by atoms with van der Waals surface area (Å²) in [6, 6.07) is 6.80. The molecule has 0 spiro atoms. The topological polar surface area (TPSA) is 106 Å². The maximum absolute atomic E-state index is 12.1. The van der Waals surface area contributed by atoms with Crippen LogP contribution in [0.5, 0.6) is 0 Å². The van der Waals surface area contributed by atoms with Gasteiger partial charge in [-0.15, -0.1) is 0 Å². The number of furan rings is 1. The third-order valence-corrected chi connectivity index (χ3v) is 3.65. The van der Waals surface area contributed by atoms with Crippen LogP contribution >= 0.6 is 23.2 Å². The predicted molar refractivity (Wildman–Crippen MR) is 87.4 cm³/mol. The highest BCUT2D eigenvalue weighted by molar-refractivity contribution is 6.42. The molecule has 2 rings (SSSR count). The SMILES string of the molecule is CN(CC(=O)Nc1ccc(Cl)c(Cl)c1)C(=O)c1ccc([N+](=O)[O-])o1. The van der Waals surface area contributed by atoms with E-state index in [0.29, 0.717) is 10.7 Å². The first-order valence-electron chi connectivity index (χ1n) is 6.52. The summed E-state index contributed by atoms with van der Waals surface area (Å²) in [6.07, 6.45) is 0. The van der Waals surface area contributed by atoms with Crippen molar-refractivity contribution in [2.24, 2.45) is 0 Å². The molecule has 24 heavy (non-hydrogen) atoms. The standard InChI is InChI=1S/C14H11Cl2N3O5/c1-18(14(21)11-4-5-13(24-11)19(22)23)7-12(20)17-8-2-3-9(15)10(16)6-8/h2-6H,7H2,1H3,(H,17,20). The lowest BCUT2D eigenvalue weighted by molar-refractivity contribution is -0.402. The fraction of sp³-hybridized carbons (Fsp3) is 0.143. The van der Waals surface area contributed by atoms with Crippen LogP contribution in [0.4, 0.5) is 11.6 Å². The van der Waals surface area contributed by atoms with Crippen molar-refractivity contribution in [2.75, 3.05) is 18.9 Å². The first kappa shape index (κ1) is 17.8. The lowest BCUT2D eigenvalue weighted by Crippen LogP contribution is -2.34. The van der Waals surface area contributed by atoms with E-state index in [4.69, 9.17) is 27.6 Å². The minimum absolute atomic E-state index is 0.230. The molecule has 1 aromatic carbocycles. The number of carbonyl (C=O) groups excluding carboxylic acids is 2.